The first kappa shape index (κ1) is 34.3. The molecule has 0 fully saturated rings. The summed E-state index contributed by atoms with van der Waals surface area (Å²) in [5.41, 5.74) is 19.9. The molecule has 0 bridgehead atoms. The summed E-state index contributed by atoms with van der Waals surface area (Å²) in [6, 6.07) is 34.6. The molecule has 0 aromatic heterocycles. The molecular weight excluding hydrogens is 591 g/mol. The second kappa shape index (κ2) is 18.4. The van der Waals surface area contributed by atoms with Gasteiger partial charge in [-0.3, -0.25) is 0 Å². The molecule has 3 heteroatoms. The van der Waals surface area contributed by atoms with E-state index in [1.165, 1.54) is 87.4 Å². The van der Waals surface area contributed by atoms with Gasteiger partial charge >= 0.3 is 97.0 Å². The van der Waals surface area contributed by atoms with Crippen LogP contribution in [0.25, 0.3) is 16.9 Å². The van der Waals surface area contributed by atoms with Gasteiger partial charge in [0.05, 0.1) is 0 Å². The Morgan fingerprint density at radius 2 is 0.889 bits per heavy atom. The van der Waals surface area contributed by atoms with E-state index < -0.39 is 0 Å². The van der Waals surface area contributed by atoms with E-state index >= 15 is 0 Å². The van der Waals surface area contributed by atoms with E-state index in [-0.39, 0.29) is 0 Å². The van der Waals surface area contributed by atoms with Crippen molar-refractivity contribution in [2.45, 2.75) is 91.9 Å². The Morgan fingerprint density at radius 1 is 0.489 bits per heavy atom. The number of hydrogen-bond acceptors (Lipinski definition) is 0. The Hall–Kier alpha value is -3.55. The summed E-state index contributed by atoms with van der Waals surface area (Å²) in [5.74, 6) is 0. The van der Waals surface area contributed by atoms with Gasteiger partial charge in [-0.2, -0.15) is 0 Å². The van der Waals surface area contributed by atoms with Crippen LogP contribution in [-0.4, -0.2) is 4.70 Å². The van der Waals surface area contributed by atoms with E-state index in [9.17, 15) is 5.53 Å². The summed E-state index contributed by atoms with van der Waals surface area (Å²) >= 11 is 1.61. The number of aryl methyl sites for hydroxylation is 4. The van der Waals surface area contributed by atoms with Crippen LogP contribution in [0.5, 0.6) is 0 Å². The molecule has 4 aromatic rings. The van der Waals surface area contributed by atoms with Crippen molar-refractivity contribution in [3.63, 3.8) is 0 Å². The predicted octanol–water partition coefficient (Wildman–Crippen LogP) is 10.7. The Labute approximate surface area is 278 Å². The Morgan fingerprint density at radius 3 is 1.33 bits per heavy atom. The van der Waals surface area contributed by atoms with Crippen LogP contribution in [0.15, 0.2) is 109 Å². The van der Waals surface area contributed by atoms with Crippen LogP contribution in [-0.2, 0) is 27.3 Å². The monoisotopic (exact) mass is 640 g/mol. The van der Waals surface area contributed by atoms with Gasteiger partial charge in [0.15, 0.2) is 0 Å². The zero-order valence-electron chi connectivity index (χ0n) is 27.7. The molecule has 4 aromatic carbocycles. The van der Waals surface area contributed by atoms with E-state index in [4.69, 9.17) is 0 Å². The normalized spacial score (nSPS) is 12.5. The van der Waals surface area contributed by atoms with Gasteiger partial charge in [-0.05, 0) is 61.1 Å². The molecule has 0 atom stereocenters. The van der Waals surface area contributed by atoms with Gasteiger partial charge in [0, 0.05) is 23.3 Å². The molecule has 1 aliphatic heterocycles. The van der Waals surface area contributed by atoms with Gasteiger partial charge in [-0.25, -0.2) is 4.70 Å². The molecule has 238 valence electrons. The molecule has 0 spiro atoms. The van der Waals surface area contributed by atoms with Crippen molar-refractivity contribution in [3.05, 3.63) is 148 Å². The first-order valence-corrected chi connectivity index (χ1v) is 17.8. The molecule has 0 saturated carbocycles. The number of allylic oxidation sites excluding steroid dienone is 2. The van der Waals surface area contributed by atoms with E-state index in [0.29, 0.717) is 0 Å². The maximum atomic E-state index is 10.8. The molecule has 0 N–H and O–H groups in total. The SMILES string of the molecule is CCCCCCCCc1ccc(C2=CC=C(c3ccc(CCCC)cc3)[N+]2=[N-])cc1.Cc1cc[c]([Ni][c]2ccc(C)cc2)cc1. The summed E-state index contributed by atoms with van der Waals surface area (Å²) in [4.78, 5) is 0. The third-order valence-corrected chi connectivity index (χ3v) is 9.38. The van der Waals surface area contributed by atoms with Gasteiger partial charge in [0.25, 0.3) is 0 Å². The summed E-state index contributed by atoms with van der Waals surface area (Å²) in [5, 5.41) is 0. The van der Waals surface area contributed by atoms with Gasteiger partial charge in [0.1, 0.15) is 0 Å². The van der Waals surface area contributed by atoms with Crippen LogP contribution in [0.4, 0.5) is 0 Å². The standard InChI is InChI=1S/C28H36N2.2C7H7.Ni/c1-3-5-7-8-9-10-12-24-15-19-26(20-16-24)28-22-21-27(30(28)29)25-17-13-23(14-18-25)11-6-4-2;2*1-7-5-3-2-4-6-7;/h13-22H,3-12H2,1-2H3;2*3-6H,1H3;. The van der Waals surface area contributed by atoms with Crippen molar-refractivity contribution in [3.8, 4) is 0 Å². The summed E-state index contributed by atoms with van der Waals surface area (Å²) in [6.07, 6.45) is 16.7. The van der Waals surface area contributed by atoms with Crippen LogP contribution >= 0.6 is 0 Å². The number of nitrogens with zero attached hydrogens (tertiary/aromatic N) is 2. The van der Waals surface area contributed by atoms with Crippen LogP contribution < -0.4 is 9.07 Å². The Kier molecular flexibility index (Phi) is 14.1. The fourth-order valence-electron chi connectivity index (χ4n) is 5.30. The molecule has 1 aliphatic rings. The average Bonchev–Trinajstić information content (AvgIpc) is 3.45. The van der Waals surface area contributed by atoms with Crippen molar-refractivity contribution in [1.29, 1.82) is 0 Å². The van der Waals surface area contributed by atoms with Crippen molar-refractivity contribution in [1.82, 2.24) is 0 Å². The zero-order chi connectivity index (χ0) is 31.9. The molecule has 5 rings (SSSR count). The topological polar surface area (TPSA) is 25.3 Å². The molecule has 0 saturated heterocycles. The molecule has 0 amide bonds. The van der Waals surface area contributed by atoms with Gasteiger partial charge < -0.3 is 5.53 Å². The third kappa shape index (κ3) is 11.1. The number of rotatable bonds is 14. The quantitative estimate of drug-likeness (QED) is 0.0744. The summed E-state index contributed by atoms with van der Waals surface area (Å²) < 4.78 is 3.96. The minimum absolute atomic E-state index is 0.836. The predicted molar refractivity (Wildman–Crippen MR) is 190 cm³/mol. The zero-order valence-corrected chi connectivity index (χ0v) is 28.7. The van der Waals surface area contributed by atoms with Crippen LogP contribution in [0, 0.1) is 13.8 Å². The van der Waals surface area contributed by atoms with E-state index in [1.807, 2.05) is 12.2 Å². The molecular formula is C42H50N2Ni. The minimum atomic E-state index is 0.836. The first-order valence-electron chi connectivity index (χ1n) is 16.8. The summed E-state index contributed by atoms with van der Waals surface area (Å²) in [6.45, 7) is 8.71. The van der Waals surface area contributed by atoms with Crippen molar-refractivity contribution in [2.75, 3.05) is 0 Å². The van der Waals surface area contributed by atoms with E-state index in [0.717, 1.165) is 35.4 Å². The van der Waals surface area contributed by atoms with Crippen LogP contribution in [0.1, 0.15) is 98.6 Å². The van der Waals surface area contributed by atoms with Gasteiger partial charge in [-0.1, -0.05) is 76.6 Å². The Balaban J connectivity index is 0.000000256. The molecule has 45 heavy (non-hydrogen) atoms. The van der Waals surface area contributed by atoms with Crippen molar-refractivity contribution in [2.24, 2.45) is 0 Å². The summed E-state index contributed by atoms with van der Waals surface area (Å²) in [7, 11) is 0. The second-order valence-electron chi connectivity index (χ2n) is 12.0. The molecule has 0 radical (unpaired) electrons. The fraction of sp³-hybridized carbons (Fsp3) is 0.333. The van der Waals surface area contributed by atoms with Gasteiger partial charge in [0.2, 0.25) is 11.4 Å². The average molecular weight is 642 g/mol. The van der Waals surface area contributed by atoms with E-state index in [1.54, 1.807) is 14.4 Å². The van der Waals surface area contributed by atoms with Crippen LogP contribution in [0.2, 0.25) is 0 Å². The number of unbranched alkanes of at least 4 members (excludes halogenated alkanes) is 6. The molecule has 0 aliphatic carbocycles. The number of benzene rings is 4. The van der Waals surface area contributed by atoms with Crippen molar-refractivity contribution < 1.29 is 19.1 Å². The third-order valence-electron chi connectivity index (χ3n) is 8.16. The van der Waals surface area contributed by atoms with Gasteiger partial charge in [-0.15, -0.1) is 0 Å². The number of hydrogen-bond donors (Lipinski definition) is 0. The fourth-order valence-corrected chi connectivity index (χ4v) is 6.28. The molecule has 2 nitrogen and oxygen atoms in total. The molecule has 0 unspecified atom stereocenters. The van der Waals surface area contributed by atoms with E-state index in [2.05, 4.69) is 125 Å². The second-order valence-corrected chi connectivity index (χ2v) is 13.4. The maximum absolute atomic E-state index is 10.8. The molecule has 1 heterocycles. The Bertz CT molecular complexity index is 1480. The van der Waals surface area contributed by atoms with Crippen molar-refractivity contribution >= 4 is 20.5 Å². The van der Waals surface area contributed by atoms with Crippen LogP contribution in [0.3, 0.4) is 0 Å². The first-order chi connectivity index (χ1) is 22.0.